The average molecular weight is 295 g/mol. The SMILES string of the molecule is Cc1cc(=O)[nH]c(SC(C)C(=O)NC2CCCCC2)n1. The molecule has 0 radical (unpaired) electrons. The molecule has 0 saturated heterocycles. The van der Waals surface area contributed by atoms with Crippen LogP contribution in [-0.2, 0) is 4.79 Å². The van der Waals surface area contributed by atoms with Crippen molar-refractivity contribution in [2.75, 3.05) is 0 Å². The quantitative estimate of drug-likeness (QED) is 0.658. The molecule has 1 aromatic rings. The molecule has 20 heavy (non-hydrogen) atoms. The smallest absolute Gasteiger partial charge is 0.251 e. The first-order chi connectivity index (χ1) is 9.54. The highest BCUT2D eigenvalue weighted by molar-refractivity contribution is 8.00. The number of aromatic amines is 1. The van der Waals surface area contributed by atoms with Gasteiger partial charge in [-0.2, -0.15) is 0 Å². The Bertz CT molecular complexity index is 523. The van der Waals surface area contributed by atoms with Crippen molar-refractivity contribution in [3.8, 4) is 0 Å². The topological polar surface area (TPSA) is 74.8 Å². The predicted octanol–water partition coefficient (Wildman–Crippen LogP) is 2.01. The molecule has 0 aliphatic heterocycles. The number of hydrogen-bond donors (Lipinski definition) is 2. The summed E-state index contributed by atoms with van der Waals surface area (Å²) in [6.07, 6.45) is 5.80. The van der Waals surface area contributed by atoms with Crippen LogP contribution in [0.1, 0.15) is 44.7 Å². The molecule has 0 spiro atoms. The second kappa shape index (κ2) is 6.92. The number of aryl methyl sites for hydroxylation is 1. The first-order valence-electron chi connectivity index (χ1n) is 7.09. The van der Waals surface area contributed by atoms with Crippen LogP contribution in [0, 0.1) is 6.92 Å². The van der Waals surface area contributed by atoms with Gasteiger partial charge in [-0.05, 0) is 26.7 Å². The molecule has 2 rings (SSSR count). The third-order valence-electron chi connectivity index (χ3n) is 3.46. The van der Waals surface area contributed by atoms with E-state index in [4.69, 9.17) is 0 Å². The van der Waals surface area contributed by atoms with Crippen LogP contribution in [-0.4, -0.2) is 27.2 Å². The number of amides is 1. The summed E-state index contributed by atoms with van der Waals surface area (Å²) in [6, 6.07) is 1.75. The minimum absolute atomic E-state index is 0.0195. The molecule has 1 aromatic heterocycles. The lowest BCUT2D eigenvalue weighted by atomic mass is 9.95. The molecule has 1 saturated carbocycles. The maximum Gasteiger partial charge on any atom is 0.251 e. The molecule has 2 N–H and O–H groups in total. The third-order valence-corrected chi connectivity index (χ3v) is 4.44. The number of carbonyl (C=O) groups is 1. The van der Waals surface area contributed by atoms with Gasteiger partial charge in [-0.15, -0.1) is 0 Å². The van der Waals surface area contributed by atoms with E-state index < -0.39 is 0 Å². The number of nitrogens with one attached hydrogen (secondary N) is 2. The average Bonchev–Trinajstić information content (AvgIpc) is 2.38. The van der Waals surface area contributed by atoms with Gasteiger partial charge in [0, 0.05) is 17.8 Å². The maximum absolute atomic E-state index is 12.1. The van der Waals surface area contributed by atoms with Crippen molar-refractivity contribution >= 4 is 17.7 Å². The van der Waals surface area contributed by atoms with Gasteiger partial charge in [0.15, 0.2) is 5.16 Å². The number of H-pyrrole nitrogens is 1. The number of thioether (sulfide) groups is 1. The monoisotopic (exact) mass is 295 g/mol. The molecule has 0 aromatic carbocycles. The van der Waals surface area contributed by atoms with Crippen LogP contribution in [0.2, 0.25) is 0 Å². The molecule has 1 heterocycles. The molecule has 1 fully saturated rings. The summed E-state index contributed by atoms with van der Waals surface area (Å²) < 4.78 is 0. The van der Waals surface area contributed by atoms with Gasteiger partial charge in [-0.25, -0.2) is 4.98 Å². The van der Waals surface area contributed by atoms with Crippen LogP contribution in [0.4, 0.5) is 0 Å². The summed E-state index contributed by atoms with van der Waals surface area (Å²) in [5.41, 5.74) is 0.482. The van der Waals surface area contributed by atoms with Crippen molar-refractivity contribution in [1.29, 1.82) is 0 Å². The van der Waals surface area contributed by atoms with E-state index in [1.165, 1.54) is 37.1 Å². The molecule has 1 atom stereocenters. The summed E-state index contributed by atoms with van der Waals surface area (Å²) in [6.45, 7) is 3.61. The van der Waals surface area contributed by atoms with Gasteiger partial charge in [-0.1, -0.05) is 31.0 Å². The molecular formula is C14H21N3O2S. The third kappa shape index (κ3) is 4.37. The summed E-state index contributed by atoms with van der Waals surface area (Å²) >= 11 is 1.29. The van der Waals surface area contributed by atoms with Crippen LogP contribution in [0.5, 0.6) is 0 Å². The molecular weight excluding hydrogens is 274 g/mol. The molecule has 1 aliphatic rings. The van der Waals surface area contributed by atoms with E-state index in [1.54, 1.807) is 6.92 Å². The summed E-state index contributed by atoms with van der Waals surface area (Å²) in [5.74, 6) is 0.0195. The number of hydrogen-bond acceptors (Lipinski definition) is 4. The lowest BCUT2D eigenvalue weighted by molar-refractivity contribution is -0.121. The Hall–Kier alpha value is -1.30. The van der Waals surface area contributed by atoms with E-state index in [1.807, 2.05) is 6.92 Å². The van der Waals surface area contributed by atoms with Crippen LogP contribution in [0.25, 0.3) is 0 Å². The standard InChI is InChI=1S/C14H21N3O2S/c1-9-8-12(18)17-14(15-9)20-10(2)13(19)16-11-6-4-3-5-7-11/h8,10-11H,3-7H2,1-2H3,(H,16,19)(H,15,17,18). The highest BCUT2D eigenvalue weighted by atomic mass is 32.2. The fourth-order valence-corrected chi connectivity index (χ4v) is 3.26. The first kappa shape index (κ1) is 15.1. The Morgan fingerprint density at radius 1 is 1.45 bits per heavy atom. The Balaban J connectivity index is 1.91. The summed E-state index contributed by atoms with van der Waals surface area (Å²) in [4.78, 5) is 30.4. The second-order valence-corrected chi connectivity index (χ2v) is 6.63. The van der Waals surface area contributed by atoms with Crippen LogP contribution >= 0.6 is 11.8 Å². The Morgan fingerprint density at radius 3 is 2.80 bits per heavy atom. The molecule has 0 bridgehead atoms. The van der Waals surface area contributed by atoms with E-state index in [0.717, 1.165) is 12.8 Å². The van der Waals surface area contributed by atoms with Gasteiger partial charge < -0.3 is 10.3 Å². The van der Waals surface area contributed by atoms with Crippen LogP contribution in [0.15, 0.2) is 16.0 Å². The van der Waals surface area contributed by atoms with Gasteiger partial charge in [0.2, 0.25) is 5.91 Å². The zero-order valence-electron chi connectivity index (χ0n) is 11.9. The van der Waals surface area contributed by atoms with Crippen molar-refractivity contribution in [3.63, 3.8) is 0 Å². The fraction of sp³-hybridized carbons (Fsp3) is 0.643. The van der Waals surface area contributed by atoms with Crippen molar-refractivity contribution in [2.24, 2.45) is 0 Å². The van der Waals surface area contributed by atoms with E-state index in [-0.39, 0.29) is 16.7 Å². The summed E-state index contributed by atoms with van der Waals surface area (Å²) in [7, 11) is 0. The zero-order valence-corrected chi connectivity index (χ0v) is 12.8. The number of carbonyl (C=O) groups excluding carboxylic acids is 1. The summed E-state index contributed by atoms with van der Waals surface area (Å²) in [5, 5.41) is 3.33. The highest BCUT2D eigenvalue weighted by Gasteiger charge is 2.21. The van der Waals surface area contributed by atoms with Gasteiger partial charge in [0.05, 0.1) is 5.25 Å². The molecule has 1 aliphatic carbocycles. The van der Waals surface area contributed by atoms with Gasteiger partial charge >= 0.3 is 0 Å². The van der Waals surface area contributed by atoms with Crippen LogP contribution in [0.3, 0.4) is 0 Å². The zero-order chi connectivity index (χ0) is 14.5. The molecule has 6 heteroatoms. The largest absolute Gasteiger partial charge is 0.352 e. The Kier molecular flexibility index (Phi) is 5.23. The lowest BCUT2D eigenvalue weighted by Gasteiger charge is -2.24. The van der Waals surface area contributed by atoms with Crippen molar-refractivity contribution in [3.05, 3.63) is 22.1 Å². The Labute approximate surface area is 123 Å². The van der Waals surface area contributed by atoms with E-state index in [9.17, 15) is 9.59 Å². The molecule has 1 unspecified atom stereocenters. The molecule has 110 valence electrons. The molecule has 1 amide bonds. The van der Waals surface area contributed by atoms with E-state index >= 15 is 0 Å². The normalized spacial score (nSPS) is 17.7. The van der Waals surface area contributed by atoms with Crippen molar-refractivity contribution in [1.82, 2.24) is 15.3 Å². The van der Waals surface area contributed by atoms with Gasteiger partial charge in [-0.3, -0.25) is 9.59 Å². The number of aromatic nitrogens is 2. The first-order valence-corrected chi connectivity index (χ1v) is 7.97. The lowest BCUT2D eigenvalue weighted by Crippen LogP contribution is -2.40. The van der Waals surface area contributed by atoms with E-state index in [0.29, 0.717) is 16.9 Å². The van der Waals surface area contributed by atoms with Gasteiger partial charge in [0.25, 0.3) is 5.56 Å². The minimum Gasteiger partial charge on any atom is -0.352 e. The maximum atomic E-state index is 12.1. The molecule has 5 nitrogen and oxygen atoms in total. The van der Waals surface area contributed by atoms with E-state index in [2.05, 4.69) is 15.3 Å². The Morgan fingerprint density at radius 2 is 2.15 bits per heavy atom. The van der Waals surface area contributed by atoms with Crippen molar-refractivity contribution < 1.29 is 4.79 Å². The fourth-order valence-electron chi connectivity index (χ4n) is 2.39. The van der Waals surface area contributed by atoms with Crippen LogP contribution < -0.4 is 10.9 Å². The number of rotatable bonds is 4. The van der Waals surface area contributed by atoms with Gasteiger partial charge in [0.1, 0.15) is 0 Å². The predicted molar refractivity (Wildman–Crippen MR) is 79.9 cm³/mol. The second-order valence-electron chi connectivity index (χ2n) is 5.30. The minimum atomic E-state index is -0.262. The van der Waals surface area contributed by atoms with Crippen molar-refractivity contribution in [2.45, 2.75) is 62.4 Å². The highest BCUT2D eigenvalue weighted by Crippen LogP contribution is 2.21. The number of nitrogens with zero attached hydrogens (tertiary/aromatic N) is 1.